The Kier molecular flexibility index (Phi) is 8.31. The van der Waals surface area contributed by atoms with E-state index in [1.165, 1.54) is 4.90 Å². The highest BCUT2D eigenvalue weighted by atomic mass is 16.3. The van der Waals surface area contributed by atoms with Crippen LogP contribution in [0.5, 0.6) is 0 Å². The van der Waals surface area contributed by atoms with Crippen molar-refractivity contribution < 1.29 is 28.0 Å². The van der Waals surface area contributed by atoms with E-state index in [-0.39, 0.29) is 38.5 Å². The van der Waals surface area contributed by atoms with E-state index in [2.05, 4.69) is 15.6 Å². The highest BCUT2D eigenvalue weighted by Gasteiger charge is 2.37. The number of aliphatic hydroxyl groups is 2. The van der Waals surface area contributed by atoms with E-state index in [4.69, 9.17) is 8.22 Å². The van der Waals surface area contributed by atoms with Crippen LogP contribution in [0.1, 0.15) is 63.7 Å². The second kappa shape index (κ2) is 14.6. The van der Waals surface area contributed by atoms with Crippen molar-refractivity contribution in [1.82, 2.24) is 25.4 Å². The first-order valence-electron chi connectivity index (χ1n) is 18.5. The molecule has 2 amide bonds. The third-order valence-corrected chi connectivity index (χ3v) is 8.23. The standard InChI is InChI=1S/C36H47N5O4/c1-36(2,3)39-35(45)31-24-40(22-26-12-9-15-37-21-26)16-17-41(31)23-29(42)19-28(18-25-10-5-4-6-11-25)34(44)38-33-30-14-8-7-13-27(30)20-32(33)43/h4-15,21,28-29,31-33,42-43H,16-20,22-24H2,1-3H3,(H,38,44)(H,39,45)/i9D,12D,15D,21D,22D2. The van der Waals surface area contributed by atoms with Gasteiger partial charge in [-0.25, -0.2) is 0 Å². The summed E-state index contributed by atoms with van der Waals surface area (Å²) in [7, 11) is 0. The van der Waals surface area contributed by atoms with Crippen molar-refractivity contribution in [2.45, 2.75) is 76.4 Å². The van der Waals surface area contributed by atoms with Crippen LogP contribution in [-0.4, -0.2) is 86.8 Å². The second-order valence-electron chi connectivity index (χ2n) is 13.0. The molecule has 2 aliphatic rings. The third-order valence-electron chi connectivity index (χ3n) is 8.23. The van der Waals surface area contributed by atoms with E-state index < -0.39 is 78.1 Å². The molecule has 1 aliphatic carbocycles. The lowest BCUT2D eigenvalue weighted by Gasteiger charge is -2.42. The Morgan fingerprint density at radius 3 is 2.64 bits per heavy atom. The van der Waals surface area contributed by atoms with E-state index >= 15 is 0 Å². The summed E-state index contributed by atoms with van der Waals surface area (Å²) in [6.45, 7) is 3.03. The minimum absolute atomic E-state index is 0.00583. The summed E-state index contributed by atoms with van der Waals surface area (Å²) < 4.78 is 50.2. The number of hydrogen-bond donors (Lipinski definition) is 4. The number of nitrogens with one attached hydrogen (secondary N) is 2. The van der Waals surface area contributed by atoms with Gasteiger partial charge in [0.15, 0.2) is 0 Å². The van der Waals surface area contributed by atoms with Gasteiger partial charge in [-0.15, -0.1) is 0 Å². The SMILES string of the molecule is [2H]c1nc([2H])c(C([2H])([2H])N2CCN(CC(O)CC(Cc3ccccc3)C(=O)NC3c4ccccc4CC3O)C(C(=O)NC(C)(C)C)C2)c([2H])c1[2H]. The maximum Gasteiger partial charge on any atom is 0.239 e. The molecule has 0 saturated carbocycles. The van der Waals surface area contributed by atoms with Crippen LogP contribution in [0.15, 0.2) is 79.0 Å². The molecule has 5 unspecified atom stereocenters. The normalized spacial score (nSPS) is 24.2. The molecule has 9 nitrogen and oxygen atoms in total. The van der Waals surface area contributed by atoms with Gasteiger partial charge in [0.2, 0.25) is 11.8 Å². The highest BCUT2D eigenvalue weighted by molar-refractivity contribution is 5.83. The van der Waals surface area contributed by atoms with Gasteiger partial charge in [0.25, 0.3) is 0 Å². The van der Waals surface area contributed by atoms with E-state index in [9.17, 15) is 19.8 Å². The van der Waals surface area contributed by atoms with Crippen LogP contribution in [-0.2, 0) is 28.9 Å². The Hall–Kier alpha value is -3.63. The van der Waals surface area contributed by atoms with Crippen molar-refractivity contribution in [3.63, 3.8) is 0 Å². The number of nitrogens with zero attached hydrogens (tertiary/aromatic N) is 3. The van der Waals surface area contributed by atoms with Crippen molar-refractivity contribution in [3.05, 3.63) is 101 Å². The van der Waals surface area contributed by atoms with Crippen LogP contribution in [0.3, 0.4) is 0 Å². The Balaban J connectivity index is 1.36. The molecule has 2 aromatic carbocycles. The topological polar surface area (TPSA) is 118 Å². The largest absolute Gasteiger partial charge is 0.392 e. The fourth-order valence-corrected chi connectivity index (χ4v) is 6.16. The predicted molar refractivity (Wildman–Crippen MR) is 174 cm³/mol. The molecule has 1 fully saturated rings. The molecular weight excluding hydrogens is 566 g/mol. The summed E-state index contributed by atoms with van der Waals surface area (Å²) in [6.07, 6.45) is -2.22. The number of amides is 2. The van der Waals surface area contributed by atoms with Crippen LogP contribution in [0.4, 0.5) is 0 Å². The Bertz CT molecular complexity index is 1730. The maximum absolute atomic E-state index is 13.9. The van der Waals surface area contributed by atoms with Gasteiger partial charge in [0.1, 0.15) is 6.04 Å². The molecule has 0 spiro atoms. The van der Waals surface area contributed by atoms with Crippen molar-refractivity contribution in [1.29, 1.82) is 0 Å². The average Bonchev–Trinajstić information content (AvgIpc) is 3.37. The van der Waals surface area contributed by atoms with E-state index in [1.807, 2.05) is 75.4 Å². The van der Waals surface area contributed by atoms with Gasteiger partial charge in [-0.05, 0) is 61.9 Å². The first kappa shape index (κ1) is 25.5. The fraction of sp³-hybridized carbons (Fsp3) is 0.472. The van der Waals surface area contributed by atoms with Crippen molar-refractivity contribution in [2.75, 3.05) is 26.2 Å². The number of fused-ring (bicyclic) bond motifs is 1. The zero-order chi connectivity index (χ0) is 37.2. The molecule has 4 N–H and O–H groups in total. The molecule has 1 saturated heterocycles. The Morgan fingerprint density at radius 1 is 1.11 bits per heavy atom. The Labute approximate surface area is 275 Å². The van der Waals surface area contributed by atoms with Gasteiger partial charge < -0.3 is 20.8 Å². The molecule has 1 aliphatic heterocycles. The first-order chi connectivity index (χ1) is 24.0. The zero-order valence-electron chi connectivity index (χ0n) is 32.1. The Morgan fingerprint density at radius 2 is 1.87 bits per heavy atom. The second-order valence-corrected chi connectivity index (χ2v) is 13.0. The molecule has 45 heavy (non-hydrogen) atoms. The van der Waals surface area contributed by atoms with Gasteiger partial charge in [-0.2, -0.15) is 0 Å². The van der Waals surface area contributed by atoms with Crippen LogP contribution in [0.2, 0.25) is 0 Å². The molecule has 5 atom stereocenters. The molecule has 3 aromatic rings. The quantitative estimate of drug-likeness (QED) is 0.261. The first-order valence-corrected chi connectivity index (χ1v) is 15.5. The van der Waals surface area contributed by atoms with Crippen molar-refractivity contribution >= 4 is 11.8 Å². The molecule has 240 valence electrons. The van der Waals surface area contributed by atoms with Crippen LogP contribution in [0, 0.1) is 5.92 Å². The smallest absolute Gasteiger partial charge is 0.239 e. The molecule has 9 heteroatoms. The summed E-state index contributed by atoms with van der Waals surface area (Å²) in [6, 6.07) is 14.3. The summed E-state index contributed by atoms with van der Waals surface area (Å²) in [5, 5.41) is 28.3. The summed E-state index contributed by atoms with van der Waals surface area (Å²) >= 11 is 0. The van der Waals surface area contributed by atoms with Gasteiger partial charge in [0, 0.05) is 65.6 Å². The third kappa shape index (κ3) is 8.98. The molecule has 5 rings (SSSR count). The van der Waals surface area contributed by atoms with Crippen LogP contribution < -0.4 is 10.6 Å². The molecule has 1 aromatic heterocycles. The minimum atomic E-state index is -2.46. The minimum Gasteiger partial charge on any atom is -0.392 e. The lowest BCUT2D eigenvalue weighted by molar-refractivity contribution is -0.132. The maximum atomic E-state index is 13.9. The van der Waals surface area contributed by atoms with E-state index in [0.717, 1.165) is 16.7 Å². The van der Waals surface area contributed by atoms with Crippen LogP contribution in [0.25, 0.3) is 0 Å². The van der Waals surface area contributed by atoms with Crippen molar-refractivity contribution in [3.8, 4) is 0 Å². The monoisotopic (exact) mass is 619 g/mol. The lowest BCUT2D eigenvalue weighted by Crippen LogP contribution is -2.61. The van der Waals surface area contributed by atoms with E-state index in [1.54, 1.807) is 4.90 Å². The number of aliphatic hydroxyl groups excluding tert-OH is 2. The molecular formula is C36H47N5O4. The number of benzene rings is 2. The summed E-state index contributed by atoms with van der Waals surface area (Å²) in [5.74, 6) is -1.38. The number of pyridine rings is 1. The van der Waals surface area contributed by atoms with E-state index in [0.29, 0.717) is 12.8 Å². The molecule has 2 heterocycles. The van der Waals surface area contributed by atoms with Crippen LogP contribution >= 0.6 is 0 Å². The number of hydrogen-bond acceptors (Lipinski definition) is 7. The van der Waals surface area contributed by atoms with Gasteiger partial charge >= 0.3 is 0 Å². The average molecular weight is 620 g/mol. The van der Waals surface area contributed by atoms with Gasteiger partial charge in [0.05, 0.1) is 23.7 Å². The number of rotatable bonds is 11. The lowest BCUT2D eigenvalue weighted by atomic mass is 9.91. The summed E-state index contributed by atoms with van der Waals surface area (Å²) in [4.78, 5) is 34.4. The predicted octanol–water partition coefficient (Wildman–Crippen LogP) is 2.87. The zero-order valence-corrected chi connectivity index (χ0v) is 26.1. The number of carbonyl (C=O) groups excluding carboxylic acids is 2. The van der Waals surface area contributed by atoms with Gasteiger partial charge in [-0.3, -0.25) is 24.4 Å². The fourth-order valence-electron chi connectivity index (χ4n) is 6.16. The number of piperazine rings is 1. The summed E-state index contributed by atoms with van der Waals surface area (Å²) in [5.41, 5.74) is 1.67. The number of β-amino-alcohol motifs (C(OH)–C–C–N with tert-alkyl or cyclic N) is 1. The highest BCUT2D eigenvalue weighted by Crippen LogP contribution is 2.32. The molecule has 0 bridgehead atoms. The van der Waals surface area contributed by atoms with Gasteiger partial charge in [-0.1, -0.05) is 60.6 Å². The van der Waals surface area contributed by atoms with Crippen molar-refractivity contribution in [2.24, 2.45) is 5.92 Å². The molecule has 0 radical (unpaired) electrons. The number of carbonyl (C=O) groups is 2. The number of aromatic nitrogens is 1.